The third kappa shape index (κ3) is 16.3. The summed E-state index contributed by atoms with van der Waals surface area (Å²) in [6, 6.07) is 143. The molecule has 0 aliphatic rings. The van der Waals surface area contributed by atoms with E-state index in [2.05, 4.69) is 220 Å². The van der Waals surface area contributed by atoms with E-state index in [-0.39, 0.29) is 0 Å². The van der Waals surface area contributed by atoms with Crippen LogP contribution in [0.2, 0.25) is 0 Å². The van der Waals surface area contributed by atoms with Crippen LogP contribution in [-0.2, 0) is 0 Å². The minimum absolute atomic E-state index is 0.588. The minimum atomic E-state index is 0.588. The fraction of sp³-hybridized carbons (Fsp3) is 0.00847. The molecular weight excluding hydrogens is 1750 g/mol. The van der Waals surface area contributed by atoms with Gasteiger partial charge in [0.2, 0.25) is 47.1 Å². The lowest BCUT2D eigenvalue weighted by Crippen LogP contribution is -2.09. The van der Waals surface area contributed by atoms with Gasteiger partial charge < -0.3 is 50.0 Å². The Bertz CT molecular complexity index is 7870. The highest BCUT2D eigenvalue weighted by molar-refractivity contribution is 7.21. The molecule has 21 heteroatoms. The number of aromatic nitrogens is 9. The zero-order chi connectivity index (χ0) is 92.2. The Hall–Kier alpha value is -19.0. The summed E-state index contributed by atoms with van der Waals surface area (Å²) in [5.74, 6) is 4.73. The van der Waals surface area contributed by atoms with Crippen molar-refractivity contribution in [3.05, 3.63) is 436 Å². The van der Waals surface area contributed by atoms with E-state index in [1.807, 2.05) is 267 Å². The summed E-state index contributed by atoms with van der Waals surface area (Å²) in [6.45, 7) is 2.05. The van der Waals surface area contributed by atoms with Gasteiger partial charge in [0.15, 0.2) is 44.7 Å². The molecule has 660 valence electrons. The van der Waals surface area contributed by atoms with E-state index in [0.29, 0.717) is 47.1 Å². The minimum Gasteiger partial charge on any atom is -0.436 e. The zero-order valence-corrected chi connectivity index (χ0v) is 74.8. The summed E-state index contributed by atoms with van der Waals surface area (Å²) in [7, 11) is 0. The number of hydrogen-bond acceptors (Lipinski definition) is 21. The number of rotatable bonds is 18. The van der Waals surface area contributed by atoms with Crippen LogP contribution in [0.1, 0.15) is 5.56 Å². The molecule has 0 amide bonds. The van der Waals surface area contributed by atoms with Crippen LogP contribution in [0.5, 0.6) is 0 Å². The lowest BCUT2D eigenvalue weighted by Gasteiger charge is -2.26. The van der Waals surface area contributed by atoms with Crippen molar-refractivity contribution in [2.75, 3.05) is 14.7 Å². The van der Waals surface area contributed by atoms with Gasteiger partial charge in [-0.2, -0.15) is 0 Å². The molecule has 139 heavy (non-hydrogen) atoms. The number of anilines is 9. The summed E-state index contributed by atoms with van der Waals surface area (Å²) >= 11 is 1.70. The van der Waals surface area contributed by atoms with Gasteiger partial charge in [0.05, 0.1) is 10.2 Å². The highest BCUT2D eigenvalue weighted by atomic mass is 32.1. The van der Waals surface area contributed by atoms with E-state index < -0.39 is 0 Å². The molecular formula is C118H74N12O8S. The SMILES string of the molecule is Cc1ccc2oc(-c3ccc(N(c4ccc(-c5nc6ccccc6o5)cc4)c4ccc(-c5nc6ccccc6o5)cc4)cc3)nc2c1.c1ccc2oc(-c3ccc(N(c4ccc(-c5nc6ccccc6o5)cc4)c4ccc(-c5nc6ccccc6o5)cc4)cc3)nc2c1.c1ccc2oc(-c3ccc(N(c4ccc(-c5nc6ccccc6o5)cc4)c4ccc(-c5nc6ccccc6s5)cc4)cc3)nc2c1. The topological polar surface area (TPSA) is 231 Å². The third-order valence-corrected chi connectivity index (χ3v) is 25.3. The summed E-state index contributed by atoms with van der Waals surface area (Å²) in [5, 5.41) is 1.00. The van der Waals surface area contributed by atoms with Crippen molar-refractivity contribution in [1.82, 2.24) is 44.9 Å². The van der Waals surface area contributed by atoms with Crippen LogP contribution in [0.4, 0.5) is 51.2 Å². The Balaban J connectivity index is 0.000000110. The smallest absolute Gasteiger partial charge is 0.227 e. The average molecular weight is 1820 g/mol. The lowest BCUT2D eigenvalue weighted by molar-refractivity contribution is 0.619. The van der Waals surface area contributed by atoms with Gasteiger partial charge in [0.1, 0.15) is 49.1 Å². The predicted octanol–water partition coefficient (Wildman–Crippen LogP) is 32.5. The van der Waals surface area contributed by atoms with E-state index in [4.69, 9.17) is 45.3 Å². The molecule has 0 aliphatic heterocycles. The molecule has 20 nitrogen and oxygen atoms in total. The second-order valence-electron chi connectivity index (χ2n) is 33.3. The van der Waals surface area contributed by atoms with Crippen molar-refractivity contribution in [3.63, 3.8) is 0 Å². The largest absolute Gasteiger partial charge is 0.436 e. The monoisotopic (exact) mass is 1820 g/mol. The number of thiazole rings is 1. The number of para-hydroxylation sites is 15. The molecule has 9 heterocycles. The van der Waals surface area contributed by atoms with E-state index in [1.54, 1.807) is 11.3 Å². The quantitative estimate of drug-likeness (QED) is 0.0777. The summed E-state index contributed by atoms with van der Waals surface area (Å²) < 4.78 is 49.5. The van der Waals surface area contributed by atoms with Crippen LogP contribution in [0.3, 0.4) is 0 Å². The van der Waals surface area contributed by atoms with Crippen molar-refractivity contribution in [2.24, 2.45) is 0 Å². The number of hydrogen-bond donors (Lipinski definition) is 0. The second-order valence-corrected chi connectivity index (χ2v) is 34.3. The van der Waals surface area contributed by atoms with E-state index in [9.17, 15) is 0 Å². The third-order valence-electron chi connectivity index (χ3n) is 24.2. The molecule has 9 aromatic heterocycles. The van der Waals surface area contributed by atoms with Crippen LogP contribution < -0.4 is 14.7 Å². The molecule has 0 bridgehead atoms. The maximum absolute atomic E-state index is 6.08. The van der Waals surface area contributed by atoms with E-state index in [0.717, 1.165) is 206 Å². The van der Waals surface area contributed by atoms with Gasteiger partial charge in [-0.3, -0.25) is 0 Å². The summed E-state index contributed by atoms with van der Waals surface area (Å²) in [6.07, 6.45) is 0. The maximum atomic E-state index is 6.08. The van der Waals surface area contributed by atoms with Crippen LogP contribution in [0.25, 0.3) is 201 Å². The Morgan fingerprint density at radius 2 is 0.345 bits per heavy atom. The predicted molar refractivity (Wildman–Crippen MR) is 551 cm³/mol. The van der Waals surface area contributed by atoms with E-state index in [1.165, 1.54) is 4.70 Å². The normalized spacial score (nSPS) is 11.5. The van der Waals surface area contributed by atoms with Crippen molar-refractivity contribution in [2.45, 2.75) is 6.92 Å². The number of aryl methyl sites for hydroxylation is 1. The molecule has 0 N–H and O–H groups in total. The van der Waals surface area contributed by atoms with Crippen LogP contribution in [0, 0.1) is 6.92 Å². The number of oxazole rings is 8. The molecule has 0 spiro atoms. The van der Waals surface area contributed by atoms with Crippen molar-refractivity contribution < 1.29 is 35.3 Å². The average Bonchev–Trinajstić information content (AvgIpc) is 1.57. The first-order valence-electron chi connectivity index (χ1n) is 45.2. The van der Waals surface area contributed by atoms with Crippen LogP contribution in [-0.4, -0.2) is 44.9 Å². The van der Waals surface area contributed by atoms with Gasteiger partial charge >= 0.3 is 0 Å². The van der Waals surface area contributed by atoms with Gasteiger partial charge in [0.25, 0.3) is 0 Å². The van der Waals surface area contributed by atoms with Gasteiger partial charge in [-0.25, -0.2) is 44.9 Å². The highest BCUT2D eigenvalue weighted by Gasteiger charge is 2.24. The Kier molecular flexibility index (Phi) is 20.8. The standard InChI is InChI=1S/C40H26N4O3.C39H24N4O3.C39H24N4O2S/c1-25-10-23-37-34(24-25)43-40(47-37)28-15-21-31(22-16-28)44(29-17-11-26(12-18-29)38-41-32-6-2-4-8-35(32)45-38)30-19-13-27(14-20-30)39-42-33-7-3-5-9-36(33)46-39;2*1-4-10-34-31(7-1)40-37(44-34)25-13-19-28(20-14-25)43(29-21-15-26(16-22-29)38-41-32-8-2-5-11-35(32)45-38)30-23-17-27(18-24-30)39-42-33-9-3-6-12-36(33)46-39/h2-24H,1H3;2*1-24H. The van der Waals surface area contributed by atoms with Gasteiger partial charge in [0, 0.05) is 101 Å². The Morgan fingerprint density at radius 1 is 0.165 bits per heavy atom. The number of benzene rings is 18. The van der Waals surface area contributed by atoms with E-state index >= 15 is 0 Å². The molecule has 0 atom stereocenters. The Labute approximate surface area is 796 Å². The lowest BCUT2D eigenvalue weighted by atomic mass is 10.1. The zero-order valence-electron chi connectivity index (χ0n) is 74.0. The first kappa shape index (κ1) is 82.0. The summed E-state index contributed by atoms with van der Waals surface area (Å²) in [5.41, 5.74) is 32.2. The van der Waals surface area contributed by atoms with Crippen molar-refractivity contribution in [1.29, 1.82) is 0 Å². The first-order chi connectivity index (χ1) is 68.6. The number of nitrogens with zero attached hydrogens (tertiary/aromatic N) is 12. The molecule has 0 unspecified atom stereocenters. The molecule has 0 aliphatic carbocycles. The fourth-order valence-corrected chi connectivity index (χ4v) is 18.2. The number of fused-ring (bicyclic) bond motifs is 9. The van der Waals surface area contributed by atoms with Gasteiger partial charge in [-0.05, 0) is 340 Å². The molecule has 18 aromatic carbocycles. The molecule has 0 radical (unpaired) electrons. The van der Waals surface area contributed by atoms with Crippen LogP contribution >= 0.6 is 11.3 Å². The first-order valence-corrected chi connectivity index (χ1v) is 46.0. The fourth-order valence-electron chi connectivity index (χ4n) is 17.2. The molecule has 0 fully saturated rings. The highest BCUT2D eigenvalue weighted by Crippen LogP contribution is 2.45. The van der Waals surface area contributed by atoms with Crippen molar-refractivity contribution >= 4 is 162 Å². The van der Waals surface area contributed by atoms with Gasteiger partial charge in [-0.15, -0.1) is 11.3 Å². The molecule has 27 aromatic rings. The van der Waals surface area contributed by atoms with Gasteiger partial charge in [-0.1, -0.05) is 103 Å². The molecule has 0 saturated heterocycles. The molecule has 27 rings (SSSR count). The van der Waals surface area contributed by atoms with Crippen molar-refractivity contribution in [3.8, 4) is 102 Å². The molecule has 0 saturated carbocycles. The summed E-state index contributed by atoms with van der Waals surface area (Å²) in [4.78, 5) is 49.0. The Morgan fingerprint density at radius 3 is 0.554 bits per heavy atom. The van der Waals surface area contributed by atoms with Crippen LogP contribution in [0.15, 0.2) is 466 Å². The maximum Gasteiger partial charge on any atom is 0.227 e. The second kappa shape index (κ2) is 35.2.